The summed E-state index contributed by atoms with van der Waals surface area (Å²) in [6.45, 7) is 2.05. The van der Waals surface area contributed by atoms with E-state index in [1.54, 1.807) is 17.7 Å². The Labute approximate surface area is 143 Å². The molecule has 3 heterocycles. The lowest BCUT2D eigenvalue weighted by atomic mass is 10.2. The van der Waals surface area contributed by atoms with E-state index in [1.165, 1.54) is 0 Å². The molecule has 4 rings (SSSR count). The van der Waals surface area contributed by atoms with E-state index in [1.807, 2.05) is 60.3 Å². The van der Waals surface area contributed by atoms with E-state index in [-0.39, 0.29) is 6.04 Å². The van der Waals surface area contributed by atoms with Crippen molar-refractivity contribution >= 4 is 28.1 Å². The third-order valence-electron chi connectivity index (χ3n) is 3.83. The Hall–Kier alpha value is -2.80. The van der Waals surface area contributed by atoms with Crippen LogP contribution in [0.2, 0.25) is 0 Å². The lowest BCUT2D eigenvalue weighted by molar-refractivity contribution is 0.717. The van der Waals surface area contributed by atoms with E-state index in [2.05, 4.69) is 15.5 Å². The third-order valence-corrected chi connectivity index (χ3v) is 4.70. The van der Waals surface area contributed by atoms with Crippen molar-refractivity contribution in [1.29, 1.82) is 0 Å². The molecule has 1 aromatic carbocycles. The van der Waals surface area contributed by atoms with Crippen molar-refractivity contribution in [1.82, 2.24) is 24.7 Å². The molecule has 24 heavy (non-hydrogen) atoms. The molecular formula is C17H16N6S. The number of aryl methyl sites for hydroxylation is 1. The van der Waals surface area contributed by atoms with Gasteiger partial charge in [-0.05, 0) is 30.5 Å². The summed E-state index contributed by atoms with van der Waals surface area (Å²) in [5.41, 5.74) is 0.920. The number of rotatable bonds is 4. The molecule has 0 bridgehead atoms. The maximum absolute atomic E-state index is 4.75. The zero-order valence-electron chi connectivity index (χ0n) is 13.3. The zero-order chi connectivity index (χ0) is 16.5. The topological polar surface area (TPSA) is 68.5 Å². The summed E-state index contributed by atoms with van der Waals surface area (Å²) < 4.78 is 1.90. The molecule has 0 saturated carbocycles. The molecule has 1 N–H and O–H groups in total. The Morgan fingerprint density at radius 1 is 1.12 bits per heavy atom. The molecule has 0 radical (unpaired) electrons. The number of para-hydroxylation sites is 1. The Kier molecular flexibility index (Phi) is 3.70. The van der Waals surface area contributed by atoms with Gasteiger partial charge in [0.2, 0.25) is 0 Å². The third kappa shape index (κ3) is 2.63. The Balaban J connectivity index is 1.80. The first kappa shape index (κ1) is 14.8. The highest BCUT2D eigenvalue weighted by Gasteiger charge is 2.15. The van der Waals surface area contributed by atoms with Gasteiger partial charge in [0.15, 0.2) is 11.6 Å². The minimum atomic E-state index is -0.0213. The molecule has 7 heteroatoms. The van der Waals surface area contributed by atoms with Crippen LogP contribution in [0.1, 0.15) is 18.8 Å². The summed E-state index contributed by atoms with van der Waals surface area (Å²) in [7, 11) is 1.93. The van der Waals surface area contributed by atoms with E-state index in [0.29, 0.717) is 0 Å². The molecule has 0 fully saturated rings. The molecule has 0 unspecified atom stereocenters. The molecule has 6 nitrogen and oxygen atoms in total. The number of hydrogen-bond donors (Lipinski definition) is 1. The smallest absolute Gasteiger partial charge is 0.172 e. The zero-order valence-corrected chi connectivity index (χ0v) is 14.2. The predicted octanol–water partition coefficient (Wildman–Crippen LogP) is 3.66. The summed E-state index contributed by atoms with van der Waals surface area (Å²) in [6.07, 6.45) is 1.70. The van der Waals surface area contributed by atoms with Crippen LogP contribution in [0.3, 0.4) is 0 Å². The second-order valence-electron chi connectivity index (χ2n) is 5.56. The van der Waals surface area contributed by atoms with E-state index in [4.69, 9.17) is 9.97 Å². The average Bonchev–Trinajstić information content (AvgIpc) is 3.26. The van der Waals surface area contributed by atoms with Gasteiger partial charge in [-0.2, -0.15) is 0 Å². The van der Waals surface area contributed by atoms with Crippen LogP contribution in [-0.4, -0.2) is 24.7 Å². The van der Waals surface area contributed by atoms with Crippen molar-refractivity contribution in [3.05, 3.63) is 53.9 Å². The van der Waals surface area contributed by atoms with E-state index in [9.17, 15) is 0 Å². The molecule has 0 aliphatic rings. The van der Waals surface area contributed by atoms with Gasteiger partial charge in [-0.15, -0.1) is 21.5 Å². The Bertz CT molecular complexity index is 976. The quantitative estimate of drug-likeness (QED) is 0.616. The number of benzene rings is 1. The van der Waals surface area contributed by atoms with Gasteiger partial charge >= 0.3 is 0 Å². The van der Waals surface area contributed by atoms with Crippen molar-refractivity contribution in [2.24, 2.45) is 7.05 Å². The number of nitrogens with zero attached hydrogens (tertiary/aromatic N) is 5. The summed E-state index contributed by atoms with van der Waals surface area (Å²) in [6, 6.07) is 12.0. The fourth-order valence-electron chi connectivity index (χ4n) is 2.66. The number of fused-ring (bicyclic) bond motifs is 1. The van der Waals surface area contributed by atoms with Gasteiger partial charge in [0, 0.05) is 12.4 Å². The minimum absolute atomic E-state index is 0.0213. The minimum Gasteiger partial charge on any atom is -0.360 e. The molecule has 3 aromatic heterocycles. The maximum Gasteiger partial charge on any atom is 0.172 e. The molecule has 120 valence electrons. The molecule has 0 aliphatic carbocycles. The largest absolute Gasteiger partial charge is 0.360 e. The summed E-state index contributed by atoms with van der Waals surface area (Å²) in [5, 5.41) is 14.6. The van der Waals surface area contributed by atoms with Crippen LogP contribution in [0.4, 0.5) is 5.82 Å². The number of thiophene rings is 1. The second-order valence-corrected chi connectivity index (χ2v) is 6.50. The van der Waals surface area contributed by atoms with Gasteiger partial charge in [-0.1, -0.05) is 18.2 Å². The maximum atomic E-state index is 4.75. The fourth-order valence-corrected chi connectivity index (χ4v) is 3.31. The van der Waals surface area contributed by atoms with Crippen LogP contribution in [0, 0.1) is 0 Å². The van der Waals surface area contributed by atoms with Gasteiger partial charge in [0.1, 0.15) is 12.1 Å². The van der Waals surface area contributed by atoms with Crippen molar-refractivity contribution < 1.29 is 0 Å². The predicted molar refractivity (Wildman–Crippen MR) is 95.9 cm³/mol. The standard InChI is InChI=1S/C17H16N6S/c1-11(17-22-18-10-23(17)2)19-15-12-6-3-4-7-13(12)20-16(21-15)14-8-5-9-24-14/h3-11H,1-2H3,(H,19,20,21)/t11-/m0/s1. The normalized spacial score (nSPS) is 12.4. The van der Waals surface area contributed by atoms with Crippen LogP contribution in [0.5, 0.6) is 0 Å². The number of aromatic nitrogens is 5. The van der Waals surface area contributed by atoms with Gasteiger partial charge in [0.05, 0.1) is 16.4 Å². The summed E-state index contributed by atoms with van der Waals surface area (Å²) >= 11 is 1.63. The molecule has 4 aromatic rings. The van der Waals surface area contributed by atoms with Crippen LogP contribution in [0.15, 0.2) is 48.1 Å². The number of anilines is 1. The molecular weight excluding hydrogens is 320 g/mol. The molecule has 0 aliphatic heterocycles. The van der Waals surface area contributed by atoms with Crippen molar-refractivity contribution in [2.75, 3.05) is 5.32 Å². The van der Waals surface area contributed by atoms with Gasteiger partial charge in [-0.3, -0.25) is 0 Å². The van der Waals surface area contributed by atoms with Crippen LogP contribution in [0.25, 0.3) is 21.6 Å². The van der Waals surface area contributed by atoms with E-state index in [0.717, 1.165) is 33.2 Å². The summed E-state index contributed by atoms with van der Waals surface area (Å²) in [4.78, 5) is 10.5. The average molecular weight is 336 g/mol. The Morgan fingerprint density at radius 3 is 2.75 bits per heavy atom. The SMILES string of the molecule is C[C@H](Nc1nc(-c2cccs2)nc2ccccc12)c1nncn1C. The monoisotopic (exact) mass is 336 g/mol. The molecule has 0 spiro atoms. The van der Waals surface area contributed by atoms with Crippen molar-refractivity contribution in [2.45, 2.75) is 13.0 Å². The fraction of sp³-hybridized carbons (Fsp3) is 0.176. The van der Waals surface area contributed by atoms with Gasteiger partial charge in [0.25, 0.3) is 0 Å². The highest BCUT2D eigenvalue weighted by molar-refractivity contribution is 7.13. The van der Waals surface area contributed by atoms with Crippen LogP contribution < -0.4 is 5.32 Å². The van der Waals surface area contributed by atoms with E-state index >= 15 is 0 Å². The van der Waals surface area contributed by atoms with Crippen molar-refractivity contribution in [3.8, 4) is 10.7 Å². The first-order valence-electron chi connectivity index (χ1n) is 7.63. The first-order valence-corrected chi connectivity index (χ1v) is 8.51. The van der Waals surface area contributed by atoms with Gasteiger partial charge < -0.3 is 9.88 Å². The van der Waals surface area contributed by atoms with Gasteiger partial charge in [-0.25, -0.2) is 9.97 Å². The lowest BCUT2D eigenvalue weighted by Gasteiger charge is -2.16. The summed E-state index contributed by atoms with van der Waals surface area (Å²) in [5.74, 6) is 2.39. The molecule has 1 atom stereocenters. The number of nitrogens with one attached hydrogen (secondary N) is 1. The van der Waals surface area contributed by atoms with Crippen molar-refractivity contribution in [3.63, 3.8) is 0 Å². The highest BCUT2D eigenvalue weighted by Crippen LogP contribution is 2.29. The van der Waals surface area contributed by atoms with E-state index < -0.39 is 0 Å². The highest BCUT2D eigenvalue weighted by atomic mass is 32.1. The molecule has 0 saturated heterocycles. The Morgan fingerprint density at radius 2 is 2.00 bits per heavy atom. The first-order chi connectivity index (χ1) is 11.7. The second kappa shape index (κ2) is 6.01. The van der Waals surface area contributed by atoms with Crippen LogP contribution >= 0.6 is 11.3 Å². The lowest BCUT2D eigenvalue weighted by Crippen LogP contribution is -2.13. The number of hydrogen-bond acceptors (Lipinski definition) is 6. The van der Waals surface area contributed by atoms with Crippen LogP contribution in [-0.2, 0) is 7.05 Å². The molecule has 0 amide bonds.